The molecule has 0 aliphatic carbocycles. The van der Waals surface area contributed by atoms with Crippen LogP contribution in [0.4, 0.5) is 0 Å². The molecule has 4 nitrogen and oxygen atoms in total. The Morgan fingerprint density at radius 3 is 2.29 bits per heavy atom. The monoisotopic (exact) mass is 331 g/mol. The van der Waals surface area contributed by atoms with E-state index in [1.165, 1.54) is 12.1 Å². The Balaban J connectivity index is 3.35. The van der Waals surface area contributed by atoms with Crippen LogP contribution in [0, 0.1) is 19.8 Å². The average Bonchev–Trinajstić information content (AvgIpc) is 2.36. The molecule has 0 fully saturated rings. The molecule has 0 spiro atoms. The van der Waals surface area contributed by atoms with E-state index in [1.54, 1.807) is 11.8 Å². The summed E-state index contributed by atoms with van der Waals surface area (Å²) in [5.74, 6) is 0.184. The van der Waals surface area contributed by atoms with Crippen LogP contribution in [-0.4, -0.2) is 32.3 Å². The summed E-state index contributed by atoms with van der Waals surface area (Å²) in [7, 11) is 1.55. The van der Waals surface area contributed by atoms with Crippen LogP contribution in [0.15, 0.2) is 17.0 Å². The third-order valence-electron chi connectivity index (χ3n) is 3.41. The molecule has 0 heterocycles. The van der Waals surface area contributed by atoms with Gasteiger partial charge in [-0.25, -0.2) is 8.42 Å². The summed E-state index contributed by atoms with van der Waals surface area (Å²) in [4.78, 5) is 14.3. The van der Waals surface area contributed by atoms with Crippen LogP contribution in [0.3, 0.4) is 0 Å². The van der Waals surface area contributed by atoms with Crippen LogP contribution in [-0.2, 0) is 9.05 Å². The lowest BCUT2D eigenvalue weighted by Gasteiger charge is -2.24. The predicted molar refractivity (Wildman–Crippen MR) is 85.4 cm³/mol. The smallest absolute Gasteiger partial charge is 0.261 e. The van der Waals surface area contributed by atoms with E-state index in [1.807, 2.05) is 27.7 Å². The molecule has 0 N–H and O–H groups in total. The van der Waals surface area contributed by atoms with Gasteiger partial charge in [0.1, 0.15) is 0 Å². The number of amides is 1. The van der Waals surface area contributed by atoms with Gasteiger partial charge < -0.3 is 4.90 Å². The maximum absolute atomic E-state index is 12.7. The molecule has 1 rings (SSSR count). The fourth-order valence-electron chi connectivity index (χ4n) is 2.16. The molecular weight excluding hydrogens is 310 g/mol. The highest BCUT2D eigenvalue weighted by Gasteiger charge is 2.21. The number of hydrogen-bond acceptors (Lipinski definition) is 3. The fourth-order valence-corrected chi connectivity index (χ4v) is 3.00. The molecule has 1 aromatic carbocycles. The molecule has 0 saturated heterocycles. The van der Waals surface area contributed by atoms with Crippen molar-refractivity contribution >= 4 is 25.6 Å². The third-order valence-corrected chi connectivity index (χ3v) is 4.74. The zero-order valence-electron chi connectivity index (χ0n) is 13.1. The van der Waals surface area contributed by atoms with Crippen LogP contribution >= 0.6 is 10.7 Å². The molecule has 0 saturated carbocycles. The highest BCUT2D eigenvalue weighted by Crippen LogP contribution is 2.24. The first-order valence-corrected chi connectivity index (χ1v) is 9.24. The van der Waals surface area contributed by atoms with E-state index in [4.69, 9.17) is 10.7 Å². The number of nitrogens with zero attached hydrogens (tertiary/aromatic N) is 1. The minimum Gasteiger partial charge on any atom is -0.339 e. The molecular formula is C15H22ClNO3S. The van der Waals surface area contributed by atoms with Gasteiger partial charge in [-0.3, -0.25) is 4.79 Å². The van der Waals surface area contributed by atoms with E-state index in [0.717, 1.165) is 11.1 Å². The van der Waals surface area contributed by atoms with Gasteiger partial charge in [0, 0.05) is 29.3 Å². The average molecular weight is 332 g/mol. The summed E-state index contributed by atoms with van der Waals surface area (Å²) in [5, 5.41) is 0. The lowest BCUT2D eigenvalue weighted by molar-refractivity contribution is 0.0744. The normalized spacial score (nSPS) is 11.8. The van der Waals surface area contributed by atoms with Gasteiger partial charge in [-0.1, -0.05) is 13.8 Å². The Morgan fingerprint density at radius 2 is 1.86 bits per heavy atom. The second-order valence-corrected chi connectivity index (χ2v) is 8.15. The van der Waals surface area contributed by atoms with E-state index in [2.05, 4.69) is 0 Å². The number of carbonyl (C=O) groups is 1. The van der Waals surface area contributed by atoms with E-state index >= 15 is 0 Å². The van der Waals surface area contributed by atoms with Gasteiger partial charge in [0.05, 0.1) is 4.90 Å². The van der Waals surface area contributed by atoms with Crippen LogP contribution in [0.1, 0.15) is 42.3 Å². The van der Waals surface area contributed by atoms with Crippen molar-refractivity contribution < 1.29 is 13.2 Å². The minimum atomic E-state index is -3.85. The molecule has 118 valence electrons. The Kier molecular flexibility index (Phi) is 5.82. The molecule has 1 aromatic rings. The maximum atomic E-state index is 12.7. The number of aryl methyl sites for hydroxylation is 1. The SMILES string of the molecule is CCN(CC(C)C)C(=O)c1cc(S(=O)(=O)Cl)cc(C)c1C. The van der Waals surface area contributed by atoms with Crippen molar-refractivity contribution in [1.82, 2.24) is 4.90 Å². The predicted octanol–water partition coefficient (Wildman–Crippen LogP) is 3.35. The summed E-state index contributed by atoms with van der Waals surface area (Å²) < 4.78 is 23.1. The molecule has 0 unspecified atom stereocenters. The first-order chi connectivity index (χ1) is 9.57. The van der Waals surface area contributed by atoms with Crippen molar-refractivity contribution in [3.05, 3.63) is 28.8 Å². The second kappa shape index (κ2) is 6.79. The molecule has 1 amide bonds. The minimum absolute atomic E-state index is 0.0313. The van der Waals surface area contributed by atoms with Gasteiger partial charge in [-0.05, 0) is 49.9 Å². The summed E-state index contributed by atoms with van der Waals surface area (Å²) in [6, 6.07) is 2.86. The van der Waals surface area contributed by atoms with Crippen molar-refractivity contribution in [2.24, 2.45) is 5.92 Å². The second-order valence-electron chi connectivity index (χ2n) is 5.59. The maximum Gasteiger partial charge on any atom is 0.261 e. The quantitative estimate of drug-likeness (QED) is 0.777. The summed E-state index contributed by atoms with van der Waals surface area (Å²) in [6.07, 6.45) is 0. The molecule has 0 atom stereocenters. The number of halogens is 1. The van der Waals surface area contributed by atoms with Crippen molar-refractivity contribution in [2.45, 2.75) is 39.5 Å². The largest absolute Gasteiger partial charge is 0.339 e. The summed E-state index contributed by atoms with van der Waals surface area (Å²) in [5.41, 5.74) is 1.92. The van der Waals surface area contributed by atoms with Gasteiger partial charge in [0.15, 0.2) is 0 Å². The number of benzene rings is 1. The summed E-state index contributed by atoms with van der Waals surface area (Å²) in [6.45, 7) is 10.8. The Bertz CT molecular complexity index is 639. The number of carbonyl (C=O) groups excluding carboxylic acids is 1. The van der Waals surface area contributed by atoms with Gasteiger partial charge in [-0.2, -0.15) is 0 Å². The summed E-state index contributed by atoms with van der Waals surface area (Å²) >= 11 is 0. The Labute approximate surface area is 131 Å². The van der Waals surface area contributed by atoms with Crippen molar-refractivity contribution in [3.8, 4) is 0 Å². The zero-order valence-corrected chi connectivity index (χ0v) is 14.7. The lowest BCUT2D eigenvalue weighted by Crippen LogP contribution is -2.34. The van der Waals surface area contributed by atoms with E-state index in [9.17, 15) is 13.2 Å². The van der Waals surface area contributed by atoms with E-state index in [0.29, 0.717) is 24.6 Å². The highest BCUT2D eigenvalue weighted by molar-refractivity contribution is 8.13. The highest BCUT2D eigenvalue weighted by atomic mass is 35.7. The van der Waals surface area contributed by atoms with Gasteiger partial charge in [0.2, 0.25) is 0 Å². The van der Waals surface area contributed by atoms with E-state index in [-0.39, 0.29) is 10.8 Å². The number of hydrogen-bond donors (Lipinski definition) is 0. The van der Waals surface area contributed by atoms with Crippen LogP contribution in [0.2, 0.25) is 0 Å². The first kappa shape index (κ1) is 18.0. The van der Waals surface area contributed by atoms with Gasteiger partial charge >= 0.3 is 0 Å². The zero-order chi connectivity index (χ0) is 16.4. The molecule has 0 aromatic heterocycles. The topological polar surface area (TPSA) is 54.5 Å². The fraction of sp³-hybridized carbons (Fsp3) is 0.533. The first-order valence-electron chi connectivity index (χ1n) is 6.93. The molecule has 6 heteroatoms. The lowest BCUT2D eigenvalue weighted by atomic mass is 10.0. The van der Waals surface area contributed by atoms with Crippen LogP contribution in [0.25, 0.3) is 0 Å². The molecule has 0 aliphatic heterocycles. The van der Waals surface area contributed by atoms with E-state index < -0.39 is 9.05 Å². The van der Waals surface area contributed by atoms with Gasteiger partial charge in [0.25, 0.3) is 15.0 Å². The van der Waals surface area contributed by atoms with Crippen molar-refractivity contribution in [3.63, 3.8) is 0 Å². The van der Waals surface area contributed by atoms with Crippen LogP contribution in [0.5, 0.6) is 0 Å². The molecule has 21 heavy (non-hydrogen) atoms. The molecule has 0 aliphatic rings. The van der Waals surface area contributed by atoms with Crippen molar-refractivity contribution in [1.29, 1.82) is 0 Å². The van der Waals surface area contributed by atoms with Gasteiger partial charge in [-0.15, -0.1) is 0 Å². The molecule has 0 bridgehead atoms. The Morgan fingerprint density at radius 1 is 1.29 bits per heavy atom. The van der Waals surface area contributed by atoms with Crippen LogP contribution < -0.4 is 0 Å². The third kappa shape index (κ3) is 4.45. The standard InChI is InChI=1S/C15H22ClNO3S/c1-6-17(9-10(2)3)15(18)14-8-13(21(16,19)20)7-11(4)12(14)5/h7-8,10H,6,9H2,1-5H3. The number of rotatable bonds is 5. The van der Waals surface area contributed by atoms with Crippen molar-refractivity contribution in [2.75, 3.05) is 13.1 Å². The molecule has 0 radical (unpaired) electrons. The Hall–Kier alpha value is -1.07.